The number of hydrogen-bond acceptors (Lipinski definition) is 6. The number of aromatic nitrogens is 4. The van der Waals surface area contributed by atoms with E-state index in [1.54, 1.807) is 31.2 Å². The molecule has 0 aliphatic carbocycles. The van der Waals surface area contributed by atoms with Crippen LogP contribution in [-0.4, -0.2) is 51.2 Å². The molecule has 0 saturated heterocycles. The van der Waals surface area contributed by atoms with Crippen LogP contribution in [0.25, 0.3) is 11.4 Å². The van der Waals surface area contributed by atoms with Crippen LogP contribution in [0.5, 0.6) is 0 Å². The molecule has 1 unspecified atom stereocenters. The topological polar surface area (TPSA) is 75.9 Å². The summed E-state index contributed by atoms with van der Waals surface area (Å²) in [7, 11) is 3.81. The lowest BCUT2D eigenvalue weighted by atomic mass is 10.2. The summed E-state index contributed by atoms with van der Waals surface area (Å²) in [6.45, 7) is 0.341. The van der Waals surface area contributed by atoms with Crippen molar-refractivity contribution in [2.24, 2.45) is 0 Å². The molecule has 11 heteroatoms. The number of carbonyl (C=O) groups is 1. The van der Waals surface area contributed by atoms with E-state index in [0.29, 0.717) is 11.3 Å². The molecule has 0 fully saturated rings. The molecule has 31 heavy (non-hydrogen) atoms. The summed E-state index contributed by atoms with van der Waals surface area (Å²) >= 11 is 0.915. The van der Waals surface area contributed by atoms with Crippen LogP contribution in [0, 0.1) is 0 Å². The number of thioether (sulfide) groups is 1. The number of anilines is 2. The first-order chi connectivity index (χ1) is 14.6. The van der Waals surface area contributed by atoms with Gasteiger partial charge in [-0.25, -0.2) is 0 Å². The van der Waals surface area contributed by atoms with E-state index < -0.39 is 18.0 Å². The summed E-state index contributed by atoms with van der Waals surface area (Å²) in [5, 5.41) is 9.91. The third-order valence-corrected chi connectivity index (χ3v) is 5.38. The minimum Gasteiger partial charge on any atom is -0.378 e. The van der Waals surface area contributed by atoms with Crippen LogP contribution >= 0.6 is 11.8 Å². The van der Waals surface area contributed by atoms with E-state index in [-0.39, 0.29) is 16.9 Å². The lowest BCUT2D eigenvalue weighted by molar-refractivity contribution is -0.141. The van der Waals surface area contributed by atoms with Gasteiger partial charge in [0.05, 0.1) is 5.25 Å². The van der Waals surface area contributed by atoms with E-state index in [1.807, 2.05) is 31.1 Å². The number of hydrogen-bond donors (Lipinski definition) is 1. The number of halogens is 3. The zero-order valence-corrected chi connectivity index (χ0v) is 17.9. The van der Waals surface area contributed by atoms with Crippen molar-refractivity contribution >= 4 is 29.0 Å². The molecule has 0 spiro atoms. The predicted octanol–water partition coefficient (Wildman–Crippen LogP) is 4.09. The van der Waals surface area contributed by atoms with Gasteiger partial charge in [0.15, 0.2) is 11.0 Å². The highest BCUT2D eigenvalue weighted by molar-refractivity contribution is 8.00. The Bertz CT molecular complexity index is 1020. The maximum absolute atomic E-state index is 13.2. The van der Waals surface area contributed by atoms with Gasteiger partial charge >= 0.3 is 6.18 Å². The highest BCUT2D eigenvalue weighted by Crippen LogP contribution is 2.30. The number of amides is 1. The monoisotopic (exact) mass is 450 g/mol. The number of rotatable bonds is 7. The molecular formula is C20H21F3N6OS. The number of carbonyl (C=O) groups excluding carboxylic acids is 1. The van der Waals surface area contributed by atoms with Gasteiger partial charge in [0.1, 0.15) is 6.54 Å². The van der Waals surface area contributed by atoms with Crippen molar-refractivity contribution in [3.8, 4) is 11.4 Å². The van der Waals surface area contributed by atoms with Crippen LogP contribution in [0.15, 0.2) is 53.9 Å². The fraction of sp³-hybridized carbons (Fsp3) is 0.300. The van der Waals surface area contributed by atoms with Gasteiger partial charge in [0.25, 0.3) is 0 Å². The van der Waals surface area contributed by atoms with E-state index in [4.69, 9.17) is 0 Å². The predicted molar refractivity (Wildman–Crippen MR) is 114 cm³/mol. The zero-order chi connectivity index (χ0) is 22.6. The summed E-state index contributed by atoms with van der Waals surface area (Å²) in [4.78, 5) is 18.4. The highest BCUT2D eigenvalue weighted by Gasteiger charge is 2.32. The van der Waals surface area contributed by atoms with Gasteiger partial charge < -0.3 is 10.2 Å². The van der Waals surface area contributed by atoms with Crippen molar-refractivity contribution in [3.05, 3.63) is 48.8 Å². The number of alkyl halides is 3. The molecule has 3 aromatic rings. The largest absolute Gasteiger partial charge is 0.406 e. The van der Waals surface area contributed by atoms with Crippen LogP contribution in [0.4, 0.5) is 24.5 Å². The van der Waals surface area contributed by atoms with E-state index in [1.165, 1.54) is 12.4 Å². The molecule has 2 heterocycles. The first kappa shape index (κ1) is 22.6. The number of nitrogens with zero attached hydrogens (tertiary/aromatic N) is 5. The standard InChI is InChI=1S/C20H21F3N6OS/c1-13(18(30)25-15-4-6-16(7-5-15)28(2)3)31-19-27-26-17(14-8-10-24-11-9-14)29(19)12-20(21,22)23/h4-11,13H,12H2,1-3H3,(H,25,30). The molecule has 7 nitrogen and oxygen atoms in total. The van der Waals surface area contributed by atoms with Crippen LogP contribution in [0.2, 0.25) is 0 Å². The third-order valence-electron chi connectivity index (χ3n) is 4.30. The second-order valence-corrected chi connectivity index (χ2v) is 8.24. The van der Waals surface area contributed by atoms with Gasteiger partial charge in [0.2, 0.25) is 5.91 Å². The summed E-state index contributed by atoms with van der Waals surface area (Å²) in [5.41, 5.74) is 2.03. The van der Waals surface area contributed by atoms with Crippen molar-refractivity contribution in [3.63, 3.8) is 0 Å². The average Bonchev–Trinajstić information content (AvgIpc) is 3.09. The quantitative estimate of drug-likeness (QED) is 0.547. The molecule has 3 rings (SSSR count). The minimum atomic E-state index is -4.47. The maximum Gasteiger partial charge on any atom is 0.406 e. The normalized spacial score (nSPS) is 12.5. The molecule has 2 aromatic heterocycles. The Morgan fingerprint density at radius 2 is 1.77 bits per heavy atom. The molecule has 0 aliphatic rings. The summed E-state index contributed by atoms with van der Waals surface area (Å²) < 4.78 is 40.5. The van der Waals surface area contributed by atoms with Gasteiger partial charge in [-0.05, 0) is 43.3 Å². The third kappa shape index (κ3) is 5.97. The van der Waals surface area contributed by atoms with Crippen molar-refractivity contribution in [1.29, 1.82) is 0 Å². The molecule has 1 amide bonds. The van der Waals surface area contributed by atoms with Crippen molar-refractivity contribution < 1.29 is 18.0 Å². The second kappa shape index (κ2) is 9.38. The number of benzene rings is 1. The molecule has 0 radical (unpaired) electrons. The maximum atomic E-state index is 13.2. The molecule has 1 aromatic carbocycles. The lowest BCUT2D eigenvalue weighted by Crippen LogP contribution is -2.24. The van der Waals surface area contributed by atoms with Gasteiger partial charge in [-0.1, -0.05) is 11.8 Å². The van der Waals surface area contributed by atoms with E-state index >= 15 is 0 Å². The van der Waals surface area contributed by atoms with E-state index in [9.17, 15) is 18.0 Å². The van der Waals surface area contributed by atoms with Crippen molar-refractivity contribution in [1.82, 2.24) is 19.7 Å². The van der Waals surface area contributed by atoms with Gasteiger partial charge in [-0.15, -0.1) is 10.2 Å². The Morgan fingerprint density at radius 1 is 1.13 bits per heavy atom. The SMILES string of the molecule is CC(Sc1nnc(-c2ccncc2)n1CC(F)(F)F)C(=O)Nc1ccc(N(C)C)cc1. The Labute approximate surface area is 181 Å². The average molecular weight is 450 g/mol. The summed E-state index contributed by atoms with van der Waals surface area (Å²) in [6, 6.07) is 10.3. The van der Waals surface area contributed by atoms with E-state index in [2.05, 4.69) is 20.5 Å². The highest BCUT2D eigenvalue weighted by atomic mass is 32.2. The Balaban J connectivity index is 1.77. The Kier molecular flexibility index (Phi) is 6.84. The molecule has 0 aliphatic heterocycles. The van der Waals surface area contributed by atoms with Gasteiger partial charge in [-0.3, -0.25) is 14.3 Å². The van der Waals surface area contributed by atoms with Crippen molar-refractivity contribution in [2.75, 3.05) is 24.3 Å². The molecule has 164 valence electrons. The molecular weight excluding hydrogens is 429 g/mol. The Morgan fingerprint density at radius 3 is 2.35 bits per heavy atom. The molecule has 0 bridgehead atoms. The number of nitrogens with one attached hydrogen (secondary N) is 1. The Hall–Kier alpha value is -3.08. The fourth-order valence-electron chi connectivity index (χ4n) is 2.71. The zero-order valence-electron chi connectivity index (χ0n) is 17.1. The summed E-state index contributed by atoms with van der Waals surface area (Å²) in [6.07, 6.45) is -1.54. The van der Waals surface area contributed by atoms with Gasteiger partial charge in [0, 0.05) is 43.4 Å². The van der Waals surface area contributed by atoms with Gasteiger partial charge in [-0.2, -0.15) is 13.2 Å². The molecule has 1 N–H and O–H groups in total. The molecule has 1 atom stereocenters. The molecule has 0 saturated carbocycles. The lowest BCUT2D eigenvalue weighted by Gasteiger charge is -2.16. The minimum absolute atomic E-state index is 0.00902. The first-order valence-corrected chi connectivity index (χ1v) is 10.2. The second-order valence-electron chi connectivity index (χ2n) is 6.93. The van der Waals surface area contributed by atoms with Crippen molar-refractivity contribution in [2.45, 2.75) is 30.1 Å². The smallest absolute Gasteiger partial charge is 0.378 e. The van der Waals surface area contributed by atoms with Crippen LogP contribution in [0.3, 0.4) is 0 Å². The fourth-order valence-corrected chi connectivity index (χ4v) is 3.56. The summed E-state index contributed by atoms with van der Waals surface area (Å²) in [5.74, 6) is -0.288. The van der Waals surface area contributed by atoms with Crippen LogP contribution < -0.4 is 10.2 Å². The number of pyridine rings is 1. The van der Waals surface area contributed by atoms with Crippen LogP contribution in [0.1, 0.15) is 6.92 Å². The van der Waals surface area contributed by atoms with Crippen LogP contribution in [-0.2, 0) is 11.3 Å². The first-order valence-electron chi connectivity index (χ1n) is 9.29. The van der Waals surface area contributed by atoms with E-state index in [0.717, 1.165) is 22.0 Å².